The minimum absolute atomic E-state index is 0.195. The molecule has 4 heteroatoms. The number of nitrogens with two attached hydrogens (primary N) is 1. The van der Waals surface area contributed by atoms with Gasteiger partial charge in [0.2, 0.25) is 0 Å². The van der Waals surface area contributed by atoms with Gasteiger partial charge in [-0.25, -0.2) is 0 Å². The molecule has 0 heterocycles. The van der Waals surface area contributed by atoms with Gasteiger partial charge in [0, 0.05) is 17.2 Å². The molecule has 0 saturated heterocycles. The quantitative estimate of drug-likeness (QED) is 0.803. The molecule has 0 bridgehead atoms. The molecule has 3 nitrogen and oxygen atoms in total. The Hall–Kier alpha value is -1.49. The Kier molecular flexibility index (Phi) is 5.06. The summed E-state index contributed by atoms with van der Waals surface area (Å²) in [6.45, 7) is 0.195. The maximum Gasteiger partial charge on any atom is 0.118 e. The highest BCUT2D eigenvalue weighted by Gasteiger charge is 2.27. The zero-order valence-corrected chi connectivity index (χ0v) is 12.3. The Morgan fingerprint density at radius 2 is 1.75 bits per heavy atom. The molecular formula is C16H19NO2S. The third-order valence-electron chi connectivity index (χ3n) is 3.19. The van der Waals surface area contributed by atoms with E-state index in [-0.39, 0.29) is 6.54 Å². The molecule has 0 aliphatic heterocycles. The van der Waals surface area contributed by atoms with Crippen LogP contribution in [0.25, 0.3) is 0 Å². The predicted octanol–water partition coefficient (Wildman–Crippen LogP) is 2.63. The zero-order chi connectivity index (χ0) is 14.4. The first-order chi connectivity index (χ1) is 9.68. The van der Waals surface area contributed by atoms with Crippen LogP contribution in [-0.4, -0.2) is 24.5 Å². The van der Waals surface area contributed by atoms with Crippen molar-refractivity contribution in [2.24, 2.45) is 5.73 Å². The number of rotatable bonds is 6. The fourth-order valence-electron chi connectivity index (χ4n) is 1.88. The standard InChI is InChI=1S/C16H19NO2S/c1-19-14-7-9-15(10-8-14)20-12-16(18,11-17)13-5-3-2-4-6-13/h2-10,18H,11-12,17H2,1H3. The van der Waals surface area contributed by atoms with Crippen molar-refractivity contribution < 1.29 is 9.84 Å². The predicted molar refractivity (Wildman–Crippen MR) is 83.1 cm³/mol. The monoisotopic (exact) mass is 289 g/mol. The first kappa shape index (κ1) is 14.9. The summed E-state index contributed by atoms with van der Waals surface area (Å²) in [7, 11) is 1.64. The average Bonchev–Trinajstić information content (AvgIpc) is 2.54. The number of methoxy groups -OCH3 is 1. The second-order valence-electron chi connectivity index (χ2n) is 4.57. The van der Waals surface area contributed by atoms with Gasteiger partial charge in [-0.15, -0.1) is 11.8 Å². The number of benzene rings is 2. The van der Waals surface area contributed by atoms with E-state index in [0.29, 0.717) is 5.75 Å². The average molecular weight is 289 g/mol. The van der Waals surface area contributed by atoms with Gasteiger partial charge in [0.05, 0.1) is 7.11 Å². The van der Waals surface area contributed by atoms with Crippen LogP contribution in [-0.2, 0) is 5.60 Å². The fraction of sp³-hybridized carbons (Fsp3) is 0.250. The van der Waals surface area contributed by atoms with Gasteiger partial charge in [0.15, 0.2) is 0 Å². The molecule has 106 valence electrons. The first-order valence-electron chi connectivity index (χ1n) is 6.43. The maximum atomic E-state index is 10.7. The number of ether oxygens (including phenoxy) is 1. The third-order valence-corrected chi connectivity index (χ3v) is 4.41. The highest BCUT2D eigenvalue weighted by atomic mass is 32.2. The zero-order valence-electron chi connectivity index (χ0n) is 11.5. The van der Waals surface area contributed by atoms with Crippen molar-refractivity contribution in [3.05, 3.63) is 60.2 Å². The van der Waals surface area contributed by atoms with E-state index in [1.807, 2.05) is 54.6 Å². The van der Waals surface area contributed by atoms with E-state index in [1.54, 1.807) is 18.9 Å². The van der Waals surface area contributed by atoms with Crippen LogP contribution in [0.4, 0.5) is 0 Å². The molecule has 0 saturated carbocycles. The summed E-state index contributed by atoms with van der Waals surface area (Å²) in [6.07, 6.45) is 0. The highest BCUT2D eigenvalue weighted by Crippen LogP contribution is 2.29. The smallest absolute Gasteiger partial charge is 0.118 e. The van der Waals surface area contributed by atoms with Crippen LogP contribution < -0.4 is 10.5 Å². The van der Waals surface area contributed by atoms with E-state index in [1.165, 1.54) is 0 Å². The van der Waals surface area contributed by atoms with Crippen LogP contribution in [0.15, 0.2) is 59.5 Å². The third kappa shape index (κ3) is 3.54. The summed E-state index contributed by atoms with van der Waals surface area (Å²) in [4.78, 5) is 1.08. The van der Waals surface area contributed by atoms with Crippen LogP contribution in [0.3, 0.4) is 0 Å². The minimum atomic E-state index is -1.01. The lowest BCUT2D eigenvalue weighted by molar-refractivity contribution is 0.0721. The molecule has 2 rings (SSSR count). The Labute approximate surface area is 123 Å². The molecule has 3 N–H and O–H groups in total. The van der Waals surface area contributed by atoms with Gasteiger partial charge < -0.3 is 15.6 Å². The van der Waals surface area contributed by atoms with E-state index in [2.05, 4.69) is 0 Å². The summed E-state index contributed by atoms with van der Waals surface area (Å²) in [5, 5.41) is 10.7. The molecule has 0 aliphatic rings. The molecule has 2 aromatic carbocycles. The molecule has 0 aromatic heterocycles. The second kappa shape index (κ2) is 6.79. The van der Waals surface area contributed by atoms with E-state index >= 15 is 0 Å². The van der Waals surface area contributed by atoms with Crippen molar-refractivity contribution in [1.29, 1.82) is 0 Å². The first-order valence-corrected chi connectivity index (χ1v) is 7.41. The number of thioether (sulfide) groups is 1. The van der Waals surface area contributed by atoms with E-state index < -0.39 is 5.60 Å². The van der Waals surface area contributed by atoms with Crippen LogP contribution in [0.1, 0.15) is 5.56 Å². The second-order valence-corrected chi connectivity index (χ2v) is 5.61. The van der Waals surface area contributed by atoms with Crippen LogP contribution in [0, 0.1) is 0 Å². The summed E-state index contributed by atoms with van der Waals surface area (Å²) in [5.74, 6) is 1.34. The summed E-state index contributed by atoms with van der Waals surface area (Å²) in [6, 6.07) is 17.3. The molecule has 0 spiro atoms. The molecule has 0 radical (unpaired) electrons. The molecule has 0 fully saturated rings. The Balaban J connectivity index is 2.06. The largest absolute Gasteiger partial charge is 0.497 e. The van der Waals surface area contributed by atoms with E-state index in [4.69, 9.17) is 10.5 Å². The van der Waals surface area contributed by atoms with Gasteiger partial charge in [0.25, 0.3) is 0 Å². The molecule has 2 aromatic rings. The van der Waals surface area contributed by atoms with E-state index in [9.17, 15) is 5.11 Å². The van der Waals surface area contributed by atoms with Crippen molar-refractivity contribution >= 4 is 11.8 Å². The lowest BCUT2D eigenvalue weighted by atomic mass is 9.96. The number of hydrogen-bond donors (Lipinski definition) is 2. The van der Waals surface area contributed by atoms with Gasteiger partial charge in [-0.2, -0.15) is 0 Å². The Morgan fingerprint density at radius 3 is 2.30 bits per heavy atom. The number of hydrogen-bond acceptors (Lipinski definition) is 4. The maximum absolute atomic E-state index is 10.7. The normalized spacial score (nSPS) is 13.8. The van der Waals surface area contributed by atoms with Crippen molar-refractivity contribution in [2.45, 2.75) is 10.5 Å². The SMILES string of the molecule is COc1ccc(SCC(O)(CN)c2ccccc2)cc1. The molecule has 20 heavy (non-hydrogen) atoms. The molecular weight excluding hydrogens is 270 g/mol. The Bertz CT molecular complexity index is 530. The van der Waals surface area contributed by atoms with Gasteiger partial charge in [-0.1, -0.05) is 30.3 Å². The number of aliphatic hydroxyl groups is 1. The van der Waals surface area contributed by atoms with Crippen molar-refractivity contribution in [2.75, 3.05) is 19.4 Å². The summed E-state index contributed by atoms with van der Waals surface area (Å²) < 4.78 is 5.13. The van der Waals surface area contributed by atoms with Crippen molar-refractivity contribution in [1.82, 2.24) is 0 Å². The summed E-state index contributed by atoms with van der Waals surface area (Å²) in [5.41, 5.74) is 5.61. The summed E-state index contributed by atoms with van der Waals surface area (Å²) >= 11 is 1.58. The van der Waals surface area contributed by atoms with Gasteiger partial charge in [-0.05, 0) is 29.8 Å². The molecule has 0 aliphatic carbocycles. The minimum Gasteiger partial charge on any atom is -0.497 e. The Morgan fingerprint density at radius 1 is 1.10 bits per heavy atom. The van der Waals surface area contributed by atoms with Crippen molar-refractivity contribution in [3.63, 3.8) is 0 Å². The lowest BCUT2D eigenvalue weighted by Crippen LogP contribution is -2.37. The van der Waals surface area contributed by atoms with Crippen LogP contribution in [0.5, 0.6) is 5.75 Å². The highest BCUT2D eigenvalue weighted by molar-refractivity contribution is 7.99. The lowest BCUT2D eigenvalue weighted by Gasteiger charge is -2.26. The van der Waals surface area contributed by atoms with Gasteiger partial charge in [0.1, 0.15) is 11.4 Å². The van der Waals surface area contributed by atoms with Gasteiger partial charge >= 0.3 is 0 Å². The molecule has 0 amide bonds. The topological polar surface area (TPSA) is 55.5 Å². The van der Waals surface area contributed by atoms with E-state index in [0.717, 1.165) is 16.2 Å². The van der Waals surface area contributed by atoms with Crippen LogP contribution >= 0.6 is 11.8 Å². The van der Waals surface area contributed by atoms with Gasteiger partial charge in [-0.3, -0.25) is 0 Å². The fourth-order valence-corrected chi connectivity index (χ4v) is 2.90. The van der Waals surface area contributed by atoms with Crippen molar-refractivity contribution in [3.8, 4) is 5.75 Å². The van der Waals surface area contributed by atoms with Crippen LogP contribution in [0.2, 0.25) is 0 Å². The molecule has 1 atom stereocenters. The molecule has 1 unspecified atom stereocenters.